The average molecular weight is 275 g/mol. The van der Waals surface area contributed by atoms with Crippen LogP contribution in [0.3, 0.4) is 0 Å². The highest BCUT2D eigenvalue weighted by atomic mass is 32.1. The van der Waals surface area contributed by atoms with Crippen molar-refractivity contribution in [3.63, 3.8) is 0 Å². The highest BCUT2D eigenvalue weighted by Crippen LogP contribution is 2.38. The molecule has 0 radical (unpaired) electrons. The highest BCUT2D eigenvalue weighted by molar-refractivity contribution is 7.16. The SMILES string of the molecule is O=CN1CCN2C(CCC2c2cc3ccsc3[nH]2)C1. The lowest BCUT2D eigenvalue weighted by molar-refractivity contribution is -0.120. The lowest BCUT2D eigenvalue weighted by Crippen LogP contribution is -2.50. The molecule has 2 aromatic rings. The predicted octanol–water partition coefficient (Wildman–Crippen LogP) is 2.21. The van der Waals surface area contributed by atoms with Crippen LogP contribution in [0.2, 0.25) is 0 Å². The Hall–Kier alpha value is -1.33. The molecule has 2 aromatic heterocycles. The van der Waals surface area contributed by atoms with Crippen molar-refractivity contribution >= 4 is 28.0 Å². The predicted molar refractivity (Wildman–Crippen MR) is 76.3 cm³/mol. The number of amides is 1. The maximum Gasteiger partial charge on any atom is 0.209 e. The van der Waals surface area contributed by atoms with E-state index in [9.17, 15) is 4.79 Å². The summed E-state index contributed by atoms with van der Waals surface area (Å²) in [7, 11) is 0. The Morgan fingerprint density at radius 1 is 1.37 bits per heavy atom. The van der Waals surface area contributed by atoms with Gasteiger partial charge >= 0.3 is 0 Å². The van der Waals surface area contributed by atoms with Gasteiger partial charge in [0, 0.05) is 36.8 Å². The minimum atomic E-state index is 0.512. The molecule has 0 spiro atoms. The fourth-order valence-electron chi connectivity index (χ4n) is 3.56. The number of thiophene rings is 1. The van der Waals surface area contributed by atoms with E-state index in [0.29, 0.717) is 12.1 Å². The molecule has 1 N–H and O–H groups in total. The van der Waals surface area contributed by atoms with E-state index in [-0.39, 0.29) is 0 Å². The Kier molecular flexibility index (Phi) is 2.63. The molecular formula is C14H17N3OS. The molecule has 0 saturated carbocycles. The Balaban J connectivity index is 1.59. The second kappa shape index (κ2) is 4.35. The standard InChI is InChI=1S/C14H17N3OS/c18-9-16-4-5-17-11(8-16)1-2-13(17)12-7-10-3-6-19-14(10)15-12/h3,6-7,9,11,13,15H,1-2,4-5,8H2. The van der Waals surface area contributed by atoms with E-state index in [0.717, 1.165) is 26.0 Å². The second-order valence-electron chi connectivity index (χ2n) is 5.51. The van der Waals surface area contributed by atoms with Crippen LogP contribution in [0.25, 0.3) is 10.2 Å². The van der Waals surface area contributed by atoms with Gasteiger partial charge < -0.3 is 9.88 Å². The number of hydrogen-bond donors (Lipinski definition) is 1. The molecule has 2 atom stereocenters. The lowest BCUT2D eigenvalue weighted by atomic mass is 10.1. The average Bonchev–Trinajstić information content (AvgIpc) is 3.10. The molecule has 4 nitrogen and oxygen atoms in total. The van der Waals surface area contributed by atoms with Gasteiger partial charge in [-0.1, -0.05) is 0 Å². The topological polar surface area (TPSA) is 39.3 Å². The number of fused-ring (bicyclic) bond motifs is 2. The maximum atomic E-state index is 10.9. The number of rotatable bonds is 2. The van der Waals surface area contributed by atoms with Gasteiger partial charge in [-0.2, -0.15) is 0 Å². The molecule has 2 unspecified atom stereocenters. The molecule has 4 heterocycles. The Labute approximate surface area is 116 Å². The van der Waals surface area contributed by atoms with Crippen molar-refractivity contribution in [1.29, 1.82) is 0 Å². The van der Waals surface area contributed by atoms with Gasteiger partial charge in [-0.05, 0) is 30.4 Å². The van der Waals surface area contributed by atoms with Gasteiger partial charge in [-0.15, -0.1) is 11.3 Å². The molecule has 100 valence electrons. The summed E-state index contributed by atoms with van der Waals surface area (Å²) in [6, 6.07) is 5.53. The smallest absolute Gasteiger partial charge is 0.209 e. The molecule has 2 saturated heterocycles. The van der Waals surface area contributed by atoms with Crippen LogP contribution < -0.4 is 0 Å². The molecule has 2 aliphatic heterocycles. The normalized spacial score (nSPS) is 27.9. The summed E-state index contributed by atoms with van der Waals surface area (Å²) in [6.45, 7) is 2.77. The van der Waals surface area contributed by atoms with Gasteiger partial charge in [0.1, 0.15) is 0 Å². The van der Waals surface area contributed by atoms with Gasteiger partial charge in [0.25, 0.3) is 0 Å². The molecule has 2 fully saturated rings. The van der Waals surface area contributed by atoms with E-state index in [1.54, 1.807) is 11.3 Å². The first-order valence-electron chi connectivity index (χ1n) is 6.86. The summed E-state index contributed by atoms with van der Waals surface area (Å²) in [4.78, 5) is 20.2. The van der Waals surface area contributed by atoms with Crippen molar-refractivity contribution in [2.75, 3.05) is 19.6 Å². The zero-order valence-electron chi connectivity index (χ0n) is 10.7. The summed E-state index contributed by atoms with van der Waals surface area (Å²) in [5.74, 6) is 0. The number of aromatic amines is 1. The van der Waals surface area contributed by atoms with Crippen LogP contribution in [-0.2, 0) is 4.79 Å². The Bertz CT molecular complexity index is 576. The maximum absolute atomic E-state index is 10.9. The lowest BCUT2D eigenvalue weighted by Gasteiger charge is -2.38. The first kappa shape index (κ1) is 11.5. The molecule has 1 amide bonds. The van der Waals surface area contributed by atoms with E-state index >= 15 is 0 Å². The third-order valence-electron chi connectivity index (χ3n) is 4.51. The van der Waals surface area contributed by atoms with Crippen LogP contribution in [-0.4, -0.2) is 46.9 Å². The zero-order chi connectivity index (χ0) is 12.8. The largest absolute Gasteiger partial charge is 0.349 e. The van der Waals surface area contributed by atoms with E-state index in [4.69, 9.17) is 0 Å². The van der Waals surface area contributed by atoms with E-state index in [2.05, 4.69) is 27.4 Å². The van der Waals surface area contributed by atoms with Gasteiger partial charge in [0.15, 0.2) is 0 Å². The number of carbonyl (C=O) groups excluding carboxylic acids is 1. The summed E-state index contributed by atoms with van der Waals surface area (Å²) in [5, 5.41) is 3.46. The molecule has 5 heteroatoms. The van der Waals surface area contributed by atoms with Crippen LogP contribution >= 0.6 is 11.3 Å². The van der Waals surface area contributed by atoms with Gasteiger partial charge in [-0.25, -0.2) is 0 Å². The molecule has 0 aromatic carbocycles. The fraction of sp³-hybridized carbons (Fsp3) is 0.500. The molecular weight excluding hydrogens is 258 g/mol. The summed E-state index contributed by atoms with van der Waals surface area (Å²) in [5.41, 5.74) is 1.35. The number of piperazine rings is 1. The fourth-order valence-corrected chi connectivity index (χ4v) is 4.35. The third kappa shape index (κ3) is 1.80. The number of nitrogens with one attached hydrogen (secondary N) is 1. The van der Waals surface area contributed by atoms with E-state index in [1.807, 2.05) is 4.90 Å². The zero-order valence-corrected chi connectivity index (χ0v) is 11.5. The molecule has 0 aliphatic carbocycles. The minimum absolute atomic E-state index is 0.512. The molecule has 2 aliphatic rings. The van der Waals surface area contributed by atoms with Gasteiger partial charge in [0.05, 0.1) is 10.9 Å². The second-order valence-corrected chi connectivity index (χ2v) is 6.43. The van der Waals surface area contributed by atoms with Crippen LogP contribution in [0, 0.1) is 0 Å². The number of aromatic nitrogens is 1. The summed E-state index contributed by atoms with van der Waals surface area (Å²) >= 11 is 1.77. The van der Waals surface area contributed by atoms with Crippen molar-refractivity contribution < 1.29 is 4.79 Å². The van der Waals surface area contributed by atoms with Crippen LogP contribution in [0.1, 0.15) is 24.6 Å². The molecule has 0 bridgehead atoms. The number of H-pyrrole nitrogens is 1. The number of carbonyl (C=O) groups is 1. The highest BCUT2D eigenvalue weighted by Gasteiger charge is 2.38. The van der Waals surface area contributed by atoms with Crippen LogP contribution in [0.4, 0.5) is 0 Å². The van der Waals surface area contributed by atoms with Crippen molar-refractivity contribution in [3.8, 4) is 0 Å². The monoisotopic (exact) mass is 275 g/mol. The summed E-state index contributed by atoms with van der Waals surface area (Å²) in [6.07, 6.45) is 3.39. The molecule has 4 rings (SSSR count). The van der Waals surface area contributed by atoms with Crippen molar-refractivity contribution in [1.82, 2.24) is 14.8 Å². The summed E-state index contributed by atoms with van der Waals surface area (Å²) < 4.78 is 0. The minimum Gasteiger partial charge on any atom is -0.349 e. The van der Waals surface area contributed by atoms with Crippen molar-refractivity contribution in [3.05, 3.63) is 23.2 Å². The van der Waals surface area contributed by atoms with Gasteiger partial charge in [0.2, 0.25) is 6.41 Å². The van der Waals surface area contributed by atoms with Gasteiger partial charge in [-0.3, -0.25) is 9.69 Å². The van der Waals surface area contributed by atoms with E-state index in [1.165, 1.54) is 28.8 Å². The third-order valence-corrected chi connectivity index (χ3v) is 5.35. The van der Waals surface area contributed by atoms with E-state index < -0.39 is 0 Å². The Morgan fingerprint density at radius 2 is 2.32 bits per heavy atom. The molecule has 19 heavy (non-hydrogen) atoms. The number of nitrogens with zero attached hydrogens (tertiary/aromatic N) is 2. The quantitative estimate of drug-likeness (QED) is 0.854. The van der Waals surface area contributed by atoms with Crippen molar-refractivity contribution in [2.45, 2.75) is 24.9 Å². The van der Waals surface area contributed by atoms with Crippen LogP contribution in [0.15, 0.2) is 17.5 Å². The number of hydrogen-bond acceptors (Lipinski definition) is 3. The first-order valence-corrected chi connectivity index (χ1v) is 7.74. The van der Waals surface area contributed by atoms with Crippen molar-refractivity contribution in [2.24, 2.45) is 0 Å². The first-order chi connectivity index (χ1) is 9.35. The van der Waals surface area contributed by atoms with Crippen LogP contribution in [0.5, 0.6) is 0 Å². The Morgan fingerprint density at radius 3 is 3.16 bits per heavy atom.